The normalized spacial score (nSPS) is 30.3. The fourth-order valence-corrected chi connectivity index (χ4v) is 3.29. The molecule has 1 heterocycles. The smallest absolute Gasteiger partial charge is 0.119 e. The monoisotopic (exact) mass is 292 g/mol. The summed E-state index contributed by atoms with van der Waals surface area (Å²) in [6, 6.07) is 8.32. The van der Waals surface area contributed by atoms with Gasteiger partial charge in [-0.05, 0) is 43.9 Å². The molecule has 4 nitrogen and oxygen atoms in total. The van der Waals surface area contributed by atoms with Gasteiger partial charge >= 0.3 is 0 Å². The molecule has 1 aromatic rings. The van der Waals surface area contributed by atoms with Gasteiger partial charge in [0.05, 0.1) is 24.9 Å². The third-order valence-corrected chi connectivity index (χ3v) is 4.60. The Morgan fingerprint density at radius 3 is 2.33 bits per heavy atom. The molecule has 3 N–H and O–H groups in total. The summed E-state index contributed by atoms with van der Waals surface area (Å²) in [5.74, 6) is 7.58. The zero-order valence-corrected chi connectivity index (χ0v) is 13.5. The summed E-state index contributed by atoms with van der Waals surface area (Å²) in [6.07, 6.45) is 1.49. The highest BCUT2D eigenvalue weighted by atomic mass is 16.5. The van der Waals surface area contributed by atoms with Crippen LogP contribution in [0.1, 0.15) is 45.7 Å². The number of ether oxygens (including phenoxy) is 2. The van der Waals surface area contributed by atoms with Crippen molar-refractivity contribution in [2.24, 2.45) is 17.7 Å². The fraction of sp³-hybridized carbons (Fsp3) is 0.647. The number of benzene rings is 1. The van der Waals surface area contributed by atoms with E-state index in [1.165, 1.54) is 5.56 Å². The molecule has 5 unspecified atom stereocenters. The van der Waals surface area contributed by atoms with Crippen molar-refractivity contribution in [3.05, 3.63) is 29.8 Å². The van der Waals surface area contributed by atoms with E-state index >= 15 is 0 Å². The van der Waals surface area contributed by atoms with E-state index in [2.05, 4.69) is 45.3 Å². The van der Waals surface area contributed by atoms with Crippen LogP contribution in [0.5, 0.6) is 5.75 Å². The quantitative estimate of drug-likeness (QED) is 0.625. The zero-order valence-electron chi connectivity index (χ0n) is 13.5. The lowest BCUT2D eigenvalue weighted by atomic mass is 9.81. The van der Waals surface area contributed by atoms with E-state index in [4.69, 9.17) is 15.3 Å². The molecule has 0 saturated carbocycles. The molecule has 21 heavy (non-hydrogen) atoms. The topological polar surface area (TPSA) is 56.5 Å². The average Bonchev–Trinajstić information content (AvgIpc) is 2.74. The van der Waals surface area contributed by atoms with Crippen molar-refractivity contribution in [1.29, 1.82) is 0 Å². The molecule has 0 radical (unpaired) electrons. The van der Waals surface area contributed by atoms with E-state index in [9.17, 15) is 0 Å². The summed E-state index contributed by atoms with van der Waals surface area (Å²) >= 11 is 0. The van der Waals surface area contributed by atoms with Crippen LogP contribution in [0.25, 0.3) is 0 Å². The Kier molecular flexibility index (Phi) is 5.62. The molecule has 1 fully saturated rings. The summed E-state index contributed by atoms with van der Waals surface area (Å²) in [4.78, 5) is 0. The van der Waals surface area contributed by atoms with Crippen molar-refractivity contribution in [1.82, 2.24) is 5.43 Å². The van der Waals surface area contributed by atoms with Crippen LogP contribution in [0.2, 0.25) is 0 Å². The molecule has 0 bridgehead atoms. The van der Waals surface area contributed by atoms with Gasteiger partial charge < -0.3 is 9.47 Å². The van der Waals surface area contributed by atoms with Crippen LogP contribution in [0.3, 0.4) is 0 Å². The van der Waals surface area contributed by atoms with Crippen molar-refractivity contribution in [2.45, 2.75) is 52.4 Å². The highest BCUT2D eigenvalue weighted by Crippen LogP contribution is 2.40. The maximum Gasteiger partial charge on any atom is 0.119 e. The molecule has 0 aromatic heterocycles. The number of hydrogen-bond acceptors (Lipinski definition) is 4. The van der Waals surface area contributed by atoms with Crippen LogP contribution in [0.15, 0.2) is 24.3 Å². The molecule has 0 aliphatic carbocycles. The lowest BCUT2D eigenvalue weighted by molar-refractivity contribution is 0.0475. The predicted molar refractivity (Wildman–Crippen MR) is 85.0 cm³/mol. The second-order valence-corrected chi connectivity index (χ2v) is 6.04. The standard InChI is InChI=1S/C17H28N2O2/c1-5-10-20-15-8-6-14(7-9-15)17(19-18)16-11(2)12(3)21-13(16)4/h6-9,11-13,16-17,19H,5,10,18H2,1-4H3. The van der Waals surface area contributed by atoms with Gasteiger partial charge in [0.1, 0.15) is 5.75 Å². The number of nitrogens with two attached hydrogens (primary N) is 1. The maximum absolute atomic E-state index is 5.95. The molecule has 2 rings (SSSR count). The minimum Gasteiger partial charge on any atom is -0.494 e. The fourth-order valence-electron chi connectivity index (χ4n) is 3.29. The molecule has 5 atom stereocenters. The van der Waals surface area contributed by atoms with Gasteiger partial charge in [0.2, 0.25) is 0 Å². The van der Waals surface area contributed by atoms with E-state index in [1.807, 2.05) is 12.1 Å². The van der Waals surface area contributed by atoms with E-state index in [1.54, 1.807) is 0 Å². The van der Waals surface area contributed by atoms with Gasteiger partial charge in [-0.2, -0.15) is 0 Å². The zero-order chi connectivity index (χ0) is 15.4. The molecule has 0 amide bonds. The van der Waals surface area contributed by atoms with Crippen LogP contribution in [0, 0.1) is 11.8 Å². The largest absolute Gasteiger partial charge is 0.494 e. The van der Waals surface area contributed by atoms with E-state index in [0.717, 1.165) is 18.8 Å². The van der Waals surface area contributed by atoms with E-state index in [-0.39, 0.29) is 18.2 Å². The summed E-state index contributed by atoms with van der Waals surface area (Å²) in [5, 5.41) is 0. The Morgan fingerprint density at radius 1 is 1.19 bits per heavy atom. The molecule has 4 heteroatoms. The van der Waals surface area contributed by atoms with Crippen LogP contribution >= 0.6 is 0 Å². The molecule has 0 spiro atoms. The number of hydrazine groups is 1. The lowest BCUT2D eigenvalue weighted by Crippen LogP contribution is -2.38. The Bertz CT molecular complexity index is 435. The summed E-state index contributed by atoms with van der Waals surface area (Å²) in [5.41, 5.74) is 4.17. The molecular formula is C17H28N2O2. The van der Waals surface area contributed by atoms with Crippen LogP contribution in [0.4, 0.5) is 0 Å². The molecule has 1 aliphatic heterocycles. The van der Waals surface area contributed by atoms with Gasteiger partial charge in [-0.15, -0.1) is 0 Å². The van der Waals surface area contributed by atoms with Crippen LogP contribution < -0.4 is 16.0 Å². The molecule has 118 valence electrons. The van der Waals surface area contributed by atoms with Gasteiger partial charge in [-0.25, -0.2) is 0 Å². The average molecular weight is 292 g/mol. The highest BCUT2D eigenvalue weighted by molar-refractivity contribution is 5.30. The third kappa shape index (κ3) is 3.57. The van der Waals surface area contributed by atoms with Gasteiger partial charge in [0.25, 0.3) is 0 Å². The Hall–Kier alpha value is -1.10. The molecule has 1 aromatic carbocycles. The van der Waals surface area contributed by atoms with Gasteiger partial charge in [-0.3, -0.25) is 11.3 Å². The second kappa shape index (κ2) is 7.25. The van der Waals surface area contributed by atoms with E-state index in [0.29, 0.717) is 11.8 Å². The van der Waals surface area contributed by atoms with Crippen molar-refractivity contribution >= 4 is 0 Å². The number of rotatable bonds is 6. The molecule has 1 aliphatic rings. The third-order valence-electron chi connectivity index (χ3n) is 4.60. The lowest BCUT2D eigenvalue weighted by Gasteiger charge is -2.28. The predicted octanol–water partition coefficient (Wildman–Crippen LogP) is 3.04. The van der Waals surface area contributed by atoms with Crippen LogP contribution in [-0.4, -0.2) is 18.8 Å². The summed E-state index contributed by atoms with van der Waals surface area (Å²) in [7, 11) is 0. The number of nitrogens with one attached hydrogen (secondary N) is 1. The second-order valence-electron chi connectivity index (χ2n) is 6.04. The SMILES string of the molecule is CCCOc1ccc(C(NN)C2C(C)OC(C)C2C)cc1. The Labute approximate surface area is 128 Å². The van der Waals surface area contributed by atoms with Crippen LogP contribution in [-0.2, 0) is 4.74 Å². The Balaban J connectivity index is 2.13. The minimum absolute atomic E-state index is 0.0974. The first-order chi connectivity index (χ1) is 10.1. The van der Waals surface area contributed by atoms with Crippen molar-refractivity contribution in [2.75, 3.05) is 6.61 Å². The maximum atomic E-state index is 5.95. The minimum atomic E-state index is 0.0974. The van der Waals surface area contributed by atoms with Crippen molar-refractivity contribution in [3.8, 4) is 5.75 Å². The molecule has 1 saturated heterocycles. The first-order valence-corrected chi connectivity index (χ1v) is 7.92. The van der Waals surface area contributed by atoms with E-state index < -0.39 is 0 Å². The van der Waals surface area contributed by atoms with Gasteiger partial charge in [0, 0.05) is 5.92 Å². The first-order valence-electron chi connectivity index (χ1n) is 7.92. The summed E-state index contributed by atoms with van der Waals surface area (Å²) < 4.78 is 11.6. The highest BCUT2D eigenvalue weighted by Gasteiger charge is 2.41. The first kappa shape index (κ1) is 16.3. The van der Waals surface area contributed by atoms with Gasteiger partial charge in [-0.1, -0.05) is 26.0 Å². The summed E-state index contributed by atoms with van der Waals surface area (Å²) in [6.45, 7) is 9.36. The van der Waals surface area contributed by atoms with Crippen molar-refractivity contribution < 1.29 is 9.47 Å². The number of hydrogen-bond donors (Lipinski definition) is 2. The molecular weight excluding hydrogens is 264 g/mol. The Morgan fingerprint density at radius 2 is 1.86 bits per heavy atom. The van der Waals surface area contributed by atoms with Gasteiger partial charge in [0.15, 0.2) is 0 Å². The van der Waals surface area contributed by atoms with Crippen molar-refractivity contribution in [3.63, 3.8) is 0 Å².